The molecule has 1 atom stereocenters. The third kappa shape index (κ3) is 4.73. The average molecular weight is 303 g/mol. The maximum atomic E-state index is 5.63. The van der Waals surface area contributed by atoms with Crippen molar-refractivity contribution in [3.63, 3.8) is 0 Å². The minimum absolute atomic E-state index is 0.0508. The first kappa shape index (κ1) is 16.8. The summed E-state index contributed by atoms with van der Waals surface area (Å²) in [6.45, 7) is 9.16. The highest BCUT2D eigenvalue weighted by Gasteiger charge is 2.21. The predicted molar refractivity (Wildman–Crippen MR) is 92.5 cm³/mol. The first-order valence-electron chi connectivity index (χ1n) is 8.14. The van der Waals surface area contributed by atoms with Crippen LogP contribution in [0, 0.1) is 6.92 Å². The molecule has 1 fully saturated rings. The van der Waals surface area contributed by atoms with Gasteiger partial charge in [-0.15, -0.1) is 0 Å². The topological polar surface area (TPSA) is 45.7 Å². The van der Waals surface area contributed by atoms with Crippen molar-refractivity contribution in [2.24, 2.45) is 4.99 Å². The van der Waals surface area contributed by atoms with Gasteiger partial charge >= 0.3 is 0 Å². The zero-order valence-corrected chi connectivity index (χ0v) is 14.3. The lowest BCUT2D eigenvalue weighted by Crippen LogP contribution is -2.45. The van der Waals surface area contributed by atoms with E-state index < -0.39 is 0 Å². The highest BCUT2D eigenvalue weighted by atomic mass is 16.5. The monoisotopic (exact) mass is 303 g/mol. The lowest BCUT2D eigenvalue weighted by molar-refractivity contribution is 0.114. The van der Waals surface area contributed by atoms with Gasteiger partial charge in [-0.05, 0) is 25.3 Å². The van der Waals surface area contributed by atoms with Crippen LogP contribution in [0.15, 0.2) is 29.3 Å². The van der Waals surface area contributed by atoms with Crippen LogP contribution in [0.2, 0.25) is 0 Å². The van der Waals surface area contributed by atoms with Gasteiger partial charge in [-0.2, -0.15) is 0 Å². The fraction of sp³-hybridized carbons (Fsp3) is 0.611. The standard InChI is InChI=1S/C18H29N3O/c1-14-7-9-15(10-8-14)18(2,3)13-21-17(19-4)20-12-16-6-5-11-22-16/h7-10,16H,5-6,11-13H2,1-4H3,(H2,19,20,21). The summed E-state index contributed by atoms with van der Waals surface area (Å²) in [5.41, 5.74) is 2.68. The zero-order valence-electron chi connectivity index (χ0n) is 14.3. The molecule has 0 amide bonds. The summed E-state index contributed by atoms with van der Waals surface area (Å²) < 4.78 is 5.63. The van der Waals surface area contributed by atoms with Crippen LogP contribution in [0.1, 0.15) is 37.8 Å². The van der Waals surface area contributed by atoms with Crippen LogP contribution in [0.4, 0.5) is 0 Å². The van der Waals surface area contributed by atoms with E-state index in [1.54, 1.807) is 0 Å². The van der Waals surface area contributed by atoms with Crippen LogP contribution in [-0.4, -0.2) is 38.8 Å². The van der Waals surface area contributed by atoms with E-state index in [0.29, 0.717) is 6.10 Å². The zero-order chi connectivity index (χ0) is 16.0. The van der Waals surface area contributed by atoms with E-state index in [-0.39, 0.29) is 5.41 Å². The number of hydrogen-bond acceptors (Lipinski definition) is 2. The Morgan fingerprint density at radius 2 is 2.00 bits per heavy atom. The van der Waals surface area contributed by atoms with Crippen LogP contribution < -0.4 is 10.6 Å². The molecular weight excluding hydrogens is 274 g/mol. The van der Waals surface area contributed by atoms with E-state index in [1.165, 1.54) is 17.5 Å². The van der Waals surface area contributed by atoms with Crippen LogP contribution >= 0.6 is 0 Å². The second kappa shape index (κ2) is 7.63. The normalized spacial score (nSPS) is 19.3. The first-order chi connectivity index (χ1) is 10.5. The summed E-state index contributed by atoms with van der Waals surface area (Å²) in [6, 6.07) is 8.75. The molecule has 1 aliphatic heterocycles. The Morgan fingerprint density at radius 1 is 1.27 bits per heavy atom. The molecule has 1 aromatic carbocycles. The smallest absolute Gasteiger partial charge is 0.191 e. The lowest BCUT2D eigenvalue weighted by Gasteiger charge is -2.27. The summed E-state index contributed by atoms with van der Waals surface area (Å²) in [5.74, 6) is 0.843. The molecule has 0 saturated carbocycles. The Labute approximate surface area is 134 Å². The van der Waals surface area contributed by atoms with Crippen molar-refractivity contribution in [1.29, 1.82) is 0 Å². The molecule has 2 rings (SSSR count). The van der Waals surface area contributed by atoms with Crippen molar-refractivity contribution >= 4 is 5.96 Å². The summed E-state index contributed by atoms with van der Waals surface area (Å²) in [7, 11) is 1.81. The Hall–Kier alpha value is -1.55. The summed E-state index contributed by atoms with van der Waals surface area (Å²) >= 11 is 0. The minimum atomic E-state index is 0.0508. The van der Waals surface area contributed by atoms with Crippen molar-refractivity contribution in [3.8, 4) is 0 Å². The van der Waals surface area contributed by atoms with Gasteiger partial charge in [0.2, 0.25) is 0 Å². The van der Waals surface area contributed by atoms with E-state index in [2.05, 4.69) is 60.7 Å². The number of hydrogen-bond donors (Lipinski definition) is 2. The van der Waals surface area contributed by atoms with Crippen molar-refractivity contribution in [1.82, 2.24) is 10.6 Å². The van der Waals surface area contributed by atoms with Gasteiger partial charge in [0.1, 0.15) is 0 Å². The molecule has 4 nitrogen and oxygen atoms in total. The number of nitrogens with one attached hydrogen (secondary N) is 2. The molecule has 1 aromatic rings. The predicted octanol–water partition coefficient (Wildman–Crippen LogP) is 2.62. The SMILES string of the molecule is CN=C(NCC1CCCO1)NCC(C)(C)c1ccc(C)cc1. The molecule has 0 spiro atoms. The number of benzene rings is 1. The molecule has 1 unspecified atom stereocenters. The molecule has 0 bridgehead atoms. The average Bonchev–Trinajstić information content (AvgIpc) is 3.01. The molecule has 1 heterocycles. The molecule has 122 valence electrons. The minimum Gasteiger partial charge on any atom is -0.376 e. The van der Waals surface area contributed by atoms with Gasteiger partial charge in [0.25, 0.3) is 0 Å². The molecule has 1 saturated heterocycles. The molecule has 0 aromatic heterocycles. The molecule has 4 heteroatoms. The van der Waals surface area contributed by atoms with E-state index in [4.69, 9.17) is 4.74 Å². The lowest BCUT2D eigenvalue weighted by atomic mass is 9.84. The highest BCUT2D eigenvalue weighted by molar-refractivity contribution is 5.79. The Kier molecular flexibility index (Phi) is 5.83. The van der Waals surface area contributed by atoms with Crippen molar-refractivity contribution in [2.75, 3.05) is 26.7 Å². The van der Waals surface area contributed by atoms with Crippen LogP contribution in [-0.2, 0) is 10.2 Å². The van der Waals surface area contributed by atoms with Gasteiger partial charge in [0, 0.05) is 32.2 Å². The van der Waals surface area contributed by atoms with Crippen LogP contribution in [0.25, 0.3) is 0 Å². The van der Waals surface area contributed by atoms with Gasteiger partial charge in [-0.1, -0.05) is 43.7 Å². The number of aryl methyl sites for hydroxylation is 1. The molecule has 0 radical (unpaired) electrons. The fourth-order valence-corrected chi connectivity index (χ4v) is 2.65. The summed E-state index contributed by atoms with van der Waals surface area (Å²) in [6.07, 6.45) is 2.63. The number of rotatable bonds is 5. The van der Waals surface area contributed by atoms with E-state index in [9.17, 15) is 0 Å². The van der Waals surface area contributed by atoms with Gasteiger partial charge < -0.3 is 15.4 Å². The molecular formula is C18H29N3O. The van der Waals surface area contributed by atoms with E-state index in [0.717, 1.165) is 32.1 Å². The largest absolute Gasteiger partial charge is 0.376 e. The summed E-state index contributed by atoms with van der Waals surface area (Å²) in [5, 5.41) is 6.79. The summed E-state index contributed by atoms with van der Waals surface area (Å²) in [4.78, 5) is 4.30. The second-order valence-electron chi connectivity index (χ2n) is 6.69. The first-order valence-corrected chi connectivity index (χ1v) is 8.14. The molecule has 1 aliphatic rings. The maximum absolute atomic E-state index is 5.63. The van der Waals surface area contributed by atoms with Gasteiger partial charge in [-0.25, -0.2) is 0 Å². The fourth-order valence-electron chi connectivity index (χ4n) is 2.65. The third-order valence-electron chi connectivity index (χ3n) is 4.28. The van der Waals surface area contributed by atoms with Gasteiger partial charge in [0.05, 0.1) is 6.10 Å². The van der Waals surface area contributed by atoms with E-state index >= 15 is 0 Å². The Bertz CT molecular complexity index is 488. The molecule has 22 heavy (non-hydrogen) atoms. The Morgan fingerprint density at radius 3 is 2.59 bits per heavy atom. The third-order valence-corrected chi connectivity index (χ3v) is 4.28. The van der Waals surface area contributed by atoms with Gasteiger partial charge in [0.15, 0.2) is 5.96 Å². The molecule has 2 N–H and O–H groups in total. The van der Waals surface area contributed by atoms with Crippen LogP contribution in [0.5, 0.6) is 0 Å². The highest BCUT2D eigenvalue weighted by Crippen LogP contribution is 2.22. The van der Waals surface area contributed by atoms with E-state index in [1.807, 2.05) is 7.05 Å². The number of ether oxygens (including phenoxy) is 1. The van der Waals surface area contributed by atoms with Gasteiger partial charge in [-0.3, -0.25) is 4.99 Å². The molecule has 0 aliphatic carbocycles. The number of aliphatic imine (C=N–C) groups is 1. The number of guanidine groups is 1. The van der Waals surface area contributed by atoms with Crippen molar-refractivity contribution < 1.29 is 4.74 Å². The number of nitrogens with zero attached hydrogens (tertiary/aromatic N) is 1. The van der Waals surface area contributed by atoms with Crippen molar-refractivity contribution in [2.45, 2.75) is 45.1 Å². The van der Waals surface area contributed by atoms with Crippen molar-refractivity contribution in [3.05, 3.63) is 35.4 Å². The van der Waals surface area contributed by atoms with Crippen LogP contribution in [0.3, 0.4) is 0 Å². The maximum Gasteiger partial charge on any atom is 0.191 e. The second-order valence-corrected chi connectivity index (χ2v) is 6.69. The Balaban J connectivity index is 1.84. The quantitative estimate of drug-likeness (QED) is 0.649.